The minimum absolute atomic E-state index is 0.0741. The highest BCUT2D eigenvalue weighted by Crippen LogP contribution is 2.23. The van der Waals surface area contributed by atoms with Crippen LogP contribution in [0, 0.1) is 0 Å². The molecule has 0 aromatic heterocycles. The smallest absolute Gasteiger partial charge is 0.238 e. The van der Waals surface area contributed by atoms with Gasteiger partial charge in [-0.15, -0.1) is 11.8 Å². The van der Waals surface area contributed by atoms with Gasteiger partial charge in [-0.05, 0) is 28.1 Å². The van der Waals surface area contributed by atoms with E-state index in [9.17, 15) is 9.90 Å². The summed E-state index contributed by atoms with van der Waals surface area (Å²) in [5, 5.41) is 15.6. The summed E-state index contributed by atoms with van der Waals surface area (Å²) in [7, 11) is 0. The van der Waals surface area contributed by atoms with E-state index < -0.39 is 6.10 Å². The van der Waals surface area contributed by atoms with E-state index in [1.807, 2.05) is 24.3 Å². The second-order valence-electron chi connectivity index (χ2n) is 4.41. The van der Waals surface area contributed by atoms with Crippen LogP contribution >= 0.6 is 27.7 Å². The minimum atomic E-state index is -0.736. The topological polar surface area (TPSA) is 70.6 Å². The summed E-state index contributed by atoms with van der Waals surface area (Å²) < 4.78 is 6.32. The van der Waals surface area contributed by atoms with Gasteiger partial charge in [-0.2, -0.15) is 0 Å². The van der Waals surface area contributed by atoms with Gasteiger partial charge in [0.25, 0.3) is 0 Å². The van der Waals surface area contributed by atoms with E-state index in [4.69, 9.17) is 4.74 Å². The normalized spacial score (nSPS) is 19.6. The van der Waals surface area contributed by atoms with E-state index in [0.29, 0.717) is 5.75 Å². The van der Waals surface area contributed by atoms with Gasteiger partial charge < -0.3 is 15.2 Å². The minimum Gasteiger partial charge on any atom is -0.490 e. The molecule has 0 unspecified atom stereocenters. The van der Waals surface area contributed by atoms with Crippen molar-refractivity contribution in [1.82, 2.24) is 10.6 Å². The zero-order valence-corrected chi connectivity index (χ0v) is 13.2. The van der Waals surface area contributed by atoms with E-state index in [1.165, 1.54) is 0 Å². The molecule has 1 aromatic rings. The van der Waals surface area contributed by atoms with Crippen molar-refractivity contribution in [3.63, 3.8) is 0 Å². The monoisotopic (exact) mass is 360 g/mol. The van der Waals surface area contributed by atoms with E-state index in [0.717, 1.165) is 16.1 Å². The molecule has 1 amide bonds. The molecule has 0 aliphatic carbocycles. The number of aliphatic hydroxyl groups is 1. The summed E-state index contributed by atoms with van der Waals surface area (Å²) in [6.07, 6.45) is -0.736. The van der Waals surface area contributed by atoms with Crippen molar-refractivity contribution in [2.24, 2.45) is 0 Å². The van der Waals surface area contributed by atoms with E-state index in [2.05, 4.69) is 26.6 Å². The number of carbonyl (C=O) groups is 1. The zero-order valence-electron chi connectivity index (χ0n) is 10.8. The lowest BCUT2D eigenvalue weighted by Crippen LogP contribution is -2.45. The average Bonchev–Trinajstić information content (AvgIpc) is 2.98. The molecule has 1 aliphatic heterocycles. The molecule has 0 bridgehead atoms. The lowest BCUT2D eigenvalue weighted by atomic mass is 10.3. The van der Waals surface area contributed by atoms with Gasteiger partial charge in [-0.1, -0.05) is 12.1 Å². The van der Waals surface area contributed by atoms with Crippen LogP contribution in [-0.4, -0.2) is 47.9 Å². The number of thioether (sulfide) groups is 1. The number of halogens is 1. The van der Waals surface area contributed by atoms with Crippen LogP contribution in [0.5, 0.6) is 5.75 Å². The molecule has 3 N–H and O–H groups in total. The number of hydrogen-bond donors (Lipinski definition) is 3. The number of nitrogens with one attached hydrogen (secondary N) is 2. The molecule has 1 fully saturated rings. The van der Waals surface area contributed by atoms with Crippen LogP contribution < -0.4 is 15.4 Å². The molecule has 0 spiro atoms. The molecule has 2 rings (SSSR count). The number of benzene rings is 1. The Labute approximate surface area is 130 Å². The van der Waals surface area contributed by atoms with E-state index in [1.54, 1.807) is 11.8 Å². The molecule has 2 atom stereocenters. The lowest BCUT2D eigenvalue weighted by molar-refractivity contribution is -0.122. The summed E-state index contributed by atoms with van der Waals surface area (Å²) in [5.74, 6) is 2.17. The summed E-state index contributed by atoms with van der Waals surface area (Å²) in [4.78, 5) is 11.7. The second-order valence-corrected chi connectivity index (χ2v) is 6.30. The van der Waals surface area contributed by atoms with Crippen LogP contribution in [0.4, 0.5) is 0 Å². The Balaban J connectivity index is 1.69. The third-order valence-corrected chi connectivity index (χ3v) is 4.41. The Kier molecular flexibility index (Phi) is 6.15. The highest BCUT2D eigenvalue weighted by molar-refractivity contribution is 9.10. The first kappa shape index (κ1) is 15.6. The molecule has 0 saturated carbocycles. The quantitative estimate of drug-likeness (QED) is 0.705. The summed E-state index contributed by atoms with van der Waals surface area (Å²) in [6.45, 7) is 0.321. The number of para-hydroxylation sites is 1. The fourth-order valence-corrected chi connectivity index (χ4v) is 3.05. The standard InChI is InChI=1S/C13H17BrN2O3S/c14-10-3-1-2-4-12(10)19-6-9(17)5-15-13(18)11-7-20-8-16-11/h1-4,9,11,16-17H,5-8H2,(H,15,18)/t9-,11-/m1/s1. The summed E-state index contributed by atoms with van der Waals surface area (Å²) in [5.41, 5.74) is 0. The molecule has 1 aromatic carbocycles. The lowest BCUT2D eigenvalue weighted by Gasteiger charge is -2.15. The van der Waals surface area contributed by atoms with Crippen LogP contribution in [-0.2, 0) is 4.79 Å². The van der Waals surface area contributed by atoms with Crippen LogP contribution in [0.25, 0.3) is 0 Å². The Bertz CT molecular complexity index is 455. The van der Waals surface area contributed by atoms with Crippen LogP contribution in [0.3, 0.4) is 0 Å². The predicted molar refractivity (Wildman–Crippen MR) is 82.9 cm³/mol. The third kappa shape index (κ3) is 4.66. The first-order chi connectivity index (χ1) is 9.66. The van der Waals surface area contributed by atoms with E-state index >= 15 is 0 Å². The summed E-state index contributed by atoms with van der Waals surface area (Å²) >= 11 is 5.06. The molecule has 7 heteroatoms. The van der Waals surface area contributed by atoms with Gasteiger partial charge in [-0.25, -0.2) is 0 Å². The first-order valence-electron chi connectivity index (χ1n) is 6.31. The Morgan fingerprint density at radius 1 is 1.60 bits per heavy atom. The molecule has 20 heavy (non-hydrogen) atoms. The number of ether oxygens (including phenoxy) is 1. The number of hydrogen-bond acceptors (Lipinski definition) is 5. The van der Waals surface area contributed by atoms with Crippen molar-refractivity contribution in [3.8, 4) is 5.75 Å². The molecule has 1 heterocycles. The van der Waals surface area contributed by atoms with Crippen molar-refractivity contribution in [2.45, 2.75) is 12.1 Å². The number of rotatable bonds is 6. The molecule has 0 radical (unpaired) electrons. The fraction of sp³-hybridized carbons (Fsp3) is 0.462. The van der Waals surface area contributed by atoms with Crippen molar-refractivity contribution in [3.05, 3.63) is 28.7 Å². The zero-order chi connectivity index (χ0) is 14.4. The number of aliphatic hydroxyl groups excluding tert-OH is 1. The predicted octanol–water partition coefficient (Wildman–Crippen LogP) is 0.967. The van der Waals surface area contributed by atoms with Gasteiger partial charge in [0.05, 0.1) is 10.5 Å². The van der Waals surface area contributed by atoms with Gasteiger partial charge in [-0.3, -0.25) is 10.1 Å². The van der Waals surface area contributed by atoms with Gasteiger partial charge in [0.2, 0.25) is 5.91 Å². The average molecular weight is 361 g/mol. The van der Waals surface area contributed by atoms with Crippen molar-refractivity contribution in [2.75, 3.05) is 24.8 Å². The van der Waals surface area contributed by atoms with Gasteiger partial charge >= 0.3 is 0 Å². The Morgan fingerprint density at radius 2 is 2.40 bits per heavy atom. The van der Waals surface area contributed by atoms with Crippen molar-refractivity contribution < 1.29 is 14.6 Å². The molecule has 1 aliphatic rings. The highest BCUT2D eigenvalue weighted by atomic mass is 79.9. The van der Waals surface area contributed by atoms with Crippen LogP contribution in [0.2, 0.25) is 0 Å². The maximum Gasteiger partial charge on any atom is 0.238 e. The van der Waals surface area contributed by atoms with Crippen LogP contribution in [0.15, 0.2) is 28.7 Å². The van der Waals surface area contributed by atoms with E-state index in [-0.39, 0.29) is 25.1 Å². The maximum atomic E-state index is 11.7. The number of carbonyl (C=O) groups excluding carboxylic acids is 1. The summed E-state index contributed by atoms with van der Waals surface area (Å²) in [6, 6.07) is 7.27. The van der Waals surface area contributed by atoms with Crippen LogP contribution in [0.1, 0.15) is 0 Å². The highest BCUT2D eigenvalue weighted by Gasteiger charge is 2.22. The molecule has 1 saturated heterocycles. The largest absolute Gasteiger partial charge is 0.490 e. The van der Waals surface area contributed by atoms with Gasteiger partial charge in [0.15, 0.2) is 0 Å². The second kappa shape index (κ2) is 7.87. The van der Waals surface area contributed by atoms with Gasteiger partial charge in [0.1, 0.15) is 18.5 Å². The molecule has 110 valence electrons. The van der Waals surface area contributed by atoms with Crippen molar-refractivity contribution >= 4 is 33.6 Å². The fourth-order valence-electron chi connectivity index (χ4n) is 1.71. The maximum absolute atomic E-state index is 11.7. The Morgan fingerprint density at radius 3 is 3.10 bits per heavy atom. The number of amides is 1. The van der Waals surface area contributed by atoms with Gasteiger partial charge in [0, 0.05) is 18.2 Å². The molecular formula is C13H17BrN2O3S. The third-order valence-electron chi connectivity index (χ3n) is 2.81. The first-order valence-corrected chi connectivity index (χ1v) is 8.26. The molecule has 5 nitrogen and oxygen atoms in total. The van der Waals surface area contributed by atoms with Crippen molar-refractivity contribution in [1.29, 1.82) is 0 Å². The Hall–Kier alpha value is -0.760. The SMILES string of the molecule is O=C(NC[C@@H](O)COc1ccccc1Br)[C@H]1CSCN1. The molecular weight excluding hydrogens is 344 g/mol.